The van der Waals surface area contributed by atoms with Crippen molar-refractivity contribution in [1.82, 2.24) is 14.5 Å². The number of nitrogens with zero attached hydrogens (tertiary/aromatic N) is 3. The van der Waals surface area contributed by atoms with E-state index >= 15 is 0 Å². The van der Waals surface area contributed by atoms with Gasteiger partial charge in [-0.2, -0.15) is 0 Å². The molecule has 116 valence electrons. The Kier molecular flexibility index (Phi) is 4.55. The molecule has 1 atom stereocenters. The van der Waals surface area contributed by atoms with Gasteiger partial charge in [0.25, 0.3) is 5.56 Å². The minimum absolute atomic E-state index is 0.0872. The highest BCUT2D eigenvalue weighted by atomic mass is 16.4. The van der Waals surface area contributed by atoms with Crippen molar-refractivity contribution in [2.45, 2.75) is 13.5 Å². The summed E-state index contributed by atoms with van der Waals surface area (Å²) in [6.07, 6.45) is 1.33. The van der Waals surface area contributed by atoms with E-state index in [4.69, 9.17) is 5.11 Å². The van der Waals surface area contributed by atoms with Crippen LogP contribution in [0.5, 0.6) is 0 Å². The first-order valence-electron chi connectivity index (χ1n) is 6.81. The molecule has 0 spiro atoms. The molecule has 1 heterocycles. The van der Waals surface area contributed by atoms with Crippen molar-refractivity contribution in [3.63, 3.8) is 0 Å². The normalized spacial score (nSPS) is 12.1. The molecule has 1 N–H and O–H groups in total. The molecule has 0 saturated heterocycles. The van der Waals surface area contributed by atoms with Crippen molar-refractivity contribution in [2.75, 3.05) is 13.6 Å². The second kappa shape index (κ2) is 6.38. The highest BCUT2D eigenvalue weighted by Crippen LogP contribution is 2.05. The van der Waals surface area contributed by atoms with Crippen LogP contribution in [-0.4, -0.2) is 45.0 Å². The summed E-state index contributed by atoms with van der Waals surface area (Å²) in [5.41, 5.74) is 0.280. The predicted molar refractivity (Wildman–Crippen MR) is 80.4 cm³/mol. The molecule has 0 aliphatic rings. The van der Waals surface area contributed by atoms with E-state index in [1.807, 2.05) is 0 Å². The molecule has 1 aromatic carbocycles. The van der Waals surface area contributed by atoms with E-state index in [0.29, 0.717) is 10.9 Å². The molecule has 0 radical (unpaired) electrons. The van der Waals surface area contributed by atoms with Gasteiger partial charge in [-0.3, -0.25) is 19.0 Å². The number of aliphatic carboxylic acids is 1. The number of fused-ring (bicyclic) bond motifs is 1. The van der Waals surface area contributed by atoms with E-state index in [-0.39, 0.29) is 24.6 Å². The van der Waals surface area contributed by atoms with Gasteiger partial charge in [-0.1, -0.05) is 19.1 Å². The Morgan fingerprint density at radius 3 is 2.73 bits per heavy atom. The van der Waals surface area contributed by atoms with Gasteiger partial charge in [0.1, 0.15) is 6.54 Å². The van der Waals surface area contributed by atoms with E-state index < -0.39 is 11.9 Å². The van der Waals surface area contributed by atoms with Crippen molar-refractivity contribution in [2.24, 2.45) is 5.92 Å². The standard InChI is InChI=1S/C15H17N3O4/c1-10(15(21)22)7-17(2)13(19)8-18-9-16-12-6-4-3-5-11(12)14(18)20/h3-6,9-10H,7-8H2,1-2H3,(H,21,22). The molecule has 2 aromatic rings. The van der Waals surface area contributed by atoms with E-state index in [1.54, 1.807) is 24.3 Å². The second-order valence-electron chi connectivity index (χ2n) is 5.21. The highest BCUT2D eigenvalue weighted by Gasteiger charge is 2.18. The molecule has 0 fully saturated rings. The molecule has 2 rings (SSSR count). The first-order valence-corrected chi connectivity index (χ1v) is 6.81. The quantitative estimate of drug-likeness (QED) is 0.872. The zero-order chi connectivity index (χ0) is 16.3. The fourth-order valence-electron chi connectivity index (χ4n) is 2.08. The maximum absolute atomic E-state index is 12.3. The van der Waals surface area contributed by atoms with Crippen LogP contribution in [0.25, 0.3) is 10.9 Å². The Bertz CT molecular complexity index is 769. The first-order chi connectivity index (χ1) is 10.4. The van der Waals surface area contributed by atoms with Crippen LogP contribution in [0.3, 0.4) is 0 Å². The Hall–Kier alpha value is -2.70. The Morgan fingerprint density at radius 1 is 1.36 bits per heavy atom. The number of carboxylic acid groups (broad SMARTS) is 1. The molecule has 7 nitrogen and oxygen atoms in total. The topological polar surface area (TPSA) is 92.5 Å². The summed E-state index contributed by atoms with van der Waals surface area (Å²) in [5.74, 6) is -1.98. The minimum Gasteiger partial charge on any atom is -0.481 e. The second-order valence-corrected chi connectivity index (χ2v) is 5.21. The zero-order valence-electron chi connectivity index (χ0n) is 12.4. The van der Waals surface area contributed by atoms with Crippen LogP contribution in [0, 0.1) is 5.92 Å². The minimum atomic E-state index is -0.968. The maximum Gasteiger partial charge on any atom is 0.308 e. The number of rotatable bonds is 5. The van der Waals surface area contributed by atoms with Gasteiger partial charge in [0.15, 0.2) is 0 Å². The van der Waals surface area contributed by atoms with E-state index in [2.05, 4.69) is 4.98 Å². The highest BCUT2D eigenvalue weighted by molar-refractivity contribution is 5.79. The lowest BCUT2D eigenvalue weighted by Gasteiger charge is -2.19. The average molecular weight is 303 g/mol. The van der Waals surface area contributed by atoms with Gasteiger partial charge >= 0.3 is 5.97 Å². The van der Waals surface area contributed by atoms with Crippen molar-refractivity contribution in [3.8, 4) is 0 Å². The van der Waals surface area contributed by atoms with Crippen LogP contribution in [-0.2, 0) is 16.1 Å². The van der Waals surface area contributed by atoms with Crippen LogP contribution >= 0.6 is 0 Å². The summed E-state index contributed by atoms with van der Waals surface area (Å²) in [7, 11) is 1.52. The number of hydrogen-bond acceptors (Lipinski definition) is 4. The molecule has 0 bridgehead atoms. The van der Waals surface area contributed by atoms with Crippen molar-refractivity contribution in [3.05, 3.63) is 40.9 Å². The summed E-state index contributed by atoms with van der Waals surface area (Å²) >= 11 is 0. The lowest BCUT2D eigenvalue weighted by atomic mass is 10.2. The summed E-state index contributed by atoms with van der Waals surface area (Å²) in [6.45, 7) is 1.44. The third kappa shape index (κ3) is 3.30. The SMILES string of the molecule is CC(CN(C)C(=O)Cn1cnc2ccccc2c1=O)C(=O)O. The molecule has 0 aliphatic carbocycles. The fourth-order valence-corrected chi connectivity index (χ4v) is 2.08. The summed E-state index contributed by atoms with van der Waals surface area (Å²) < 4.78 is 1.23. The monoisotopic (exact) mass is 303 g/mol. The van der Waals surface area contributed by atoms with Crippen molar-refractivity contribution in [1.29, 1.82) is 0 Å². The number of aromatic nitrogens is 2. The number of para-hydroxylation sites is 1. The van der Waals surface area contributed by atoms with E-state index in [9.17, 15) is 14.4 Å². The number of amides is 1. The molecule has 7 heteroatoms. The van der Waals surface area contributed by atoms with Crippen LogP contribution in [0.4, 0.5) is 0 Å². The summed E-state index contributed by atoms with van der Waals surface area (Å²) in [6, 6.07) is 6.90. The Morgan fingerprint density at radius 2 is 2.05 bits per heavy atom. The van der Waals surface area contributed by atoms with Gasteiger partial charge in [-0.25, -0.2) is 4.98 Å². The van der Waals surface area contributed by atoms with Crippen LogP contribution in [0.1, 0.15) is 6.92 Å². The molecule has 1 aromatic heterocycles. The van der Waals surface area contributed by atoms with Gasteiger partial charge in [-0.15, -0.1) is 0 Å². The molecular weight excluding hydrogens is 286 g/mol. The van der Waals surface area contributed by atoms with Gasteiger partial charge in [0.2, 0.25) is 5.91 Å². The lowest BCUT2D eigenvalue weighted by molar-refractivity contribution is -0.142. The lowest BCUT2D eigenvalue weighted by Crippen LogP contribution is -2.37. The summed E-state index contributed by atoms with van der Waals surface area (Å²) in [5, 5.41) is 9.31. The van der Waals surface area contributed by atoms with E-state index in [1.165, 1.54) is 29.8 Å². The maximum atomic E-state index is 12.3. The molecule has 0 saturated carbocycles. The predicted octanol–water partition coefficient (Wildman–Crippen LogP) is 0.576. The molecule has 0 aliphatic heterocycles. The fraction of sp³-hybridized carbons (Fsp3) is 0.333. The molecule has 1 unspecified atom stereocenters. The Labute approximate surface area is 126 Å². The Balaban J connectivity index is 2.17. The number of carbonyl (C=O) groups excluding carboxylic acids is 1. The third-order valence-electron chi connectivity index (χ3n) is 3.43. The van der Waals surface area contributed by atoms with Crippen molar-refractivity contribution >= 4 is 22.8 Å². The molecule has 22 heavy (non-hydrogen) atoms. The van der Waals surface area contributed by atoms with Gasteiger partial charge in [0, 0.05) is 13.6 Å². The molecule has 1 amide bonds. The van der Waals surface area contributed by atoms with Crippen LogP contribution < -0.4 is 5.56 Å². The first kappa shape index (κ1) is 15.7. The van der Waals surface area contributed by atoms with Gasteiger partial charge < -0.3 is 10.0 Å². The largest absolute Gasteiger partial charge is 0.481 e. The number of benzene rings is 1. The smallest absolute Gasteiger partial charge is 0.308 e. The number of carbonyl (C=O) groups is 2. The third-order valence-corrected chi connectivity index (χ3v) is 3.43. The van der Waals surface area contributed by atoms with Crippen LogP contribution in [0.15, 0.2) is 35.4 Å². The van der Waals surface area contributed by atoms with Gasteiger partial charge in [-0.05, 0) is 12.1 Å². The number of likely N-dealkylation sites (N-methyl/N-ethyl adjacent to an activating group) is 1. The van der Waals surface area contributed by atoms with Gasteiger partial charge in [0.05, 0.1) is 23.1 Å². The zero-order valence-corrected chi connectivity index (χ0v) is 12.4. The van der Waals surface area contributed by atoms with Crippen LogP contribution in [0.2, 0.25) is 0 Å². The number of hydrogen-bond donors (Lipinski definition) is 1. The van der Waals surface area contributed by atoms with Crippen molar-refractivity contribution < 1.29 is 14.7 Å². The molecular formula is C15H17N3O4. The average Bonchev–Trinajstić information content (AvgIpc) is 2.50. The summed E-state index contributed by atoms with van der Waals surface area (Å²) in [4.78, 5) is 40.6. The van der Waals surface area contributed by atoms with E-state index in [0.717, 1.165) is 0 Å². The number of carboxylic acids is 1.